The van der Waals surface area contributed by atoms with Crippen molar-refractivity contribution in [1.29, 1.82) is 0 Å². The molecule has 1 saturated carbocycles. The summed E-state index contributed by atoms with van der Waals surface area (Å²) in [6.45, 7) is 1.51. The highest BCUT2D eigenvalue weighted by molar-refractivity contribution is 6.35. The van der Waals surface area contributed by atoms with Gasteiger partial charge in [0, 0.05) is 28.2 Å². The van der Waals surface area contributed by atoms with Gasteiger partial charge >= 0.3 is 0 Å². The van der Waals surface area contributed by atoms with Gasteiger partial charge in [0.1, 0.15) is 0 Å². The lowest BCUT2D eigenvalue weighted by Crippen LogP contribution is -2.40. The first-order valence-electron chi connectivity index (χ1n) is 6.99. The molecule has 1 aliphatic carbocycles. The van der Waals surface area contributed by atoms with E-state index >= 15 is 0 Å². The number of nitrogens with zero attached hydrogens (tertiary/aromatic N) is 1. The average Bonchev–Trinajstić information content (AvgIpc) is 3.01. The first kappa shape index (κ1) is 16.6. The second kappa shape index (κ2) is 6.97. The van der Waals surface area contributed by atoms with Gasteiger partial charge in [0.25, 0.3) is 6.47 Å². The number of carbonyl (C=O) groups is 1. The molecule has 1 aromatic rings. The highest BCUT2D eigenvalue weighted by atomic mass is 35.5. The van der Waals surface area contributed by atoms with E-state index < -0.39 is 5.60 Å². The summed E-state index contributed by atoms with van der Waals surface area (Å²) in [5.74, 6) is 0. The van der Waals surface area contributed by atoms with E-state index in [1.165, 1.54) is 0 Å². The lowest BCUT2D eigenvalue weighted by molar-refractivity contribution is -0.122. The Balaban J connectivity index is 0.000000497. The summed E-state index contributed by atoms with van der Waals surface area (Å²) >= 11 is 12.4. The highest BCUT2D eigenvalue weighted by Crippen LogP contribution is 2.45. The molecule has 1 aliphatic heterocycles. The molecule has 0 aromatic heterocycles. The minimum Gasteiger partial charge on any atom is -0.483 e. The zero-order chi connectivity index (χ0) is 15.5. The Morgan fingerprint density at radius 3 is 2.43 bits per heavy atom. The molecule has 0 bridgehead atoms. The molecule has 0 radical (unpaired) electrons. The van der Waals surface area contributed by atoms with E-state index in [1.54, 1.807) is 0 Å². The van der Waals surface area contributed by atoms with Crippen LogP contribution in [0.15, 0.2) is 18.2 Å². The van der Waals surface area contributed by atoms with Crippen LogP contribution in [0.5, 0.6) is 0 Å². The van der Waals surface area contributed by atoms with Crippen LogP contribution >= 0.6 is 23.2 Å². The topological polar surface area (TPSA) is 60.8 Å². The van der Waals surface area contributed by atoms with Crippen LogP contribution in [0.2, 0.25) is 10.0 Å². The Labute approximate surface area is 134 Å². The number of likely N-dealkylation sites (tertiary alicyclic amines) is 1. The number of aliphatic hydroxyl groups is 1. The molecule has 1 atom stereocenters. The summed E-state index contributed by atoms with van der Waals surface area (Å²) in [6, 6.07) is 5.90. The van der Waals surface area contributed by atoms with Crippen LogP contribution in [-0.4, -0.2) is 39.8 Å². The van der Waals surface area contributed by atoms with Gasteiger partial charge in [-0.15, -0.1) is 0 Å². The van der Waals surface area contributed by atoms with Gasteiger partial charge in [-0.25, -0.2) is 0 Å². The van der Waals surface area contributed by atoms with Gasteiger partial charge in [-0.05, 0) is 44.4 Å². The van der Waals surface area contributed by atoms with Crippen molar-refractivity contribution in [2.24, 2.45) is 0 Å². The van der Waals surface area contributed by atoms with Crippen molar-refractivity contribution >= 4 is 29.7 Å². The lowest BCUT2D eigenvalue weighted by Gasteiger charge is -2.29. The van der Waals surface area contributed by atoms with Gasteiger partial charge in [0.15, 0.2) is 0 Å². The van der Waals surface area contributed by atoms with Crippen LogP contribution in [-0.2, 0) is 11.3 Å². The Kier molecular flexibility index (Phi) is 5.49. The van der Waals surface area contributed by atoms with Crippen LogP contribution in [0, 0.1) is 0 Å². The van der Waals surface area contributed by atoms with E-state index in [0.717, 1.165) is 54.4 Å². The molecule has 6 heteroatoms. The molecule has 2 aliphatic rings. The number of rotatable bonds is 3. The van der Waals surface area contributed by atoms with Crippen LogP contribution in [0.25, 0.3) is 0 Å². The molecule has 2 fully saturated rings. The predicted molar refractivity (Wildman–Crippen MR) is 82.8 cm³/mol. The second-order valence-electron chi connectivity index (χ2n) is 5.54. The van der Waals surface area contributed by atoms with E-state index in [0.29, 0.717) is 0 Å². The standard InChI is InChI=1S/C14H17Cl2NO.CH2O2/c15-11-3-1-4-12(16)10(11)9-17-8-2-5-13(17)14(18)6-7-14;2-1-3/h1,3-4,13,18H,2,5-9H2;1H,(H,2,3). The monoisotopic (exact) mass is 331 g/mol. The molecular weight excluding hydrogens is 313 g/mol. The molecule has 3 rings (SSSR count). The van der Waals surface area contributed by atoms with Gasteiger partial charge in [-0.2, -0.15) is 0 Å². The quantitative estimate of drug-likeness (QED) is 0.835. The highest BCUT2D eigenvalue weighted by Gasteiger charge is 2.51. The fourth-order valence-corrected chi connectivity index (χ4v) is 3.49. The molecule has 4 nitrogen and oxygen atoms in total. The van der Waals surface area contributed by atoms with Crippen molar-refractivity contribution in [1.82, 2.24) is 4.90 Å². The van der Waals surface area contributed by atoms with E-state index in [1.807, 2.05) is 18.2 Å². The van der Waals surface area contributed by atoms with Gasteiger partial charge in [-0.1, -0.05) is 29.3 Å². The Morgan fingerprint density at radius 2 is 1.90 bits per heavy atom. The number of hydrogen-bond acceptors (Lipinski definition) is 3. The number of benzene rings is 1. The van der Waals surface area contributed by atoms with E-state index in [2.05, 4.69) is 4.90 Å². The van der Waals surface area contributed by atoms with Gasteiger partial charge in [-0.3, -0.25) is 9.69 Å². The third-order valence-corrected chi connectivity index (χ3v) is 4.88. The van der Waals surface area contributed by atoms with Gasteiger partial charge < -0.3 is 10.2 Å². The molecule has 116 valence electrons. The fourth-order valence-electron chi connectivity index (χ4n) is 2.97. The fraction of sp³-hybridized carbons (Fsp3) is 0.533. The van der Waals surface area contributed by atoms with Crippen molar-refractivity contribution in [3.63, 3.8) is 0 Å². The van der Waals surface area contributed by atoms with E-state index in [9.17, 15) is 5.11 Å². The van der Waals surface area contributed by atoms with E-state index in [-0.39, 0.29) is 12.5 Å². The zero-order valence-corrected chi connectivity index (χ0v) is 13.1. The van der Waals surface area contributed by atoms with Crippen molar-refractivity contribution in [2.45, 2.75) is 43.9 Å². The first-order valence-corrected chi connectivity index (χ1v) is 7.74. The largest absolute Gasteiger partial charge is 0.483 e. The molecule has 2 N–H and O–H groups in total. The summed E-state index contributed by atoms with van der Waals surface area (Å²) in [6.07, 6.45) is 4.10. The minimum atomic E-state index is -0.440. The van der Waals surface area contributed by atoms with Crippen molar-refractivity contribution < 1.29 is 15.0 Å². The Hall–Kier alpha value is -0.810. The summed E-state index contributed by atoms with van der Waals surface area (Å²) in [7, 11) is 0. The molecule has 0 amide bonds. The van der Waals surface area contributed by atoms with Crippen LogP contribution in [0.1, 0.15) is 31.2 Å². The second-order valence-corrected chi connectivity index (χ2v) is 6.35. The maximum Gasteiger partial charge on any atom is 0.290 e. The maximum absolute atomic E-state index is 10.3. The van der Waals surface area contributed by atoms with Crippen LogP contribution in [0.4, 0.5) is 0 Å². The summed E-state index contributed by atoms with van der Waals surface area (Å²) in [4.78, 5) is 10.7. The lowest BCUT2D eigenvalue weighted by atomic mass is 10.1. The minimum absolute atomic E-state index is 0.250. The molecule has 1 unspecified atom stereocenters. The first-order chi connectivity index (χ1) is 10.0. The van der Waals surface area contributed by atoms with E-state index in [4.69, 9.17) is 33.1 Å². The smallest absolute Gasteiger partial charge is 0.290 e. The Bertz CT molecular complexity index is 485. The third-order valence-electron chi connectivity index (χ3n) is 4.17. The third kappa shape index (κ3) is 3.89. The summed E-state index contributed by atoms with van der Waals surface area (Å²) in [5.41, 5.74) is 0.543. The van der Waals surface area contributed by atoms with Crippen molar-refractivity contribution in [3.8, 4) is 0 Å². The molecule has 0 spiro atoms. The van der Waals surface area contributed by atoms with Gasteiger partial charge in [0.05, 0.1) is 5.60 Å². The van der Waals surface area contributed by atoms with Crippen molar-refractivity contribution in [2.75, 3.05) is 6.54 Å². The molecule has 1 aromatic carbocycles. The summed E-state index contributed by atoms with van der Waals surface area (Å²) < 4.78 is 0. The van der Waals surface area contributed by atoms with Gasteiger partial charge in [0.2, 0.25) is 0 Å². The molecule has 21 heavy (non-hydrogen) atoms. The number of halogens is 2. The van der Waals surface area contributed by atoms with Crippen LogP contribution < -0.4 is 0 Å². The number of hydrogen-bond donors (Lipinski definition) is 2. The molecule has 1 saturated heterocycles. The number of carboxylic acid groups (broad SMARTS) is 1. The average molecular weight is 332 g/mol. The summed E-state index contributed by atoms with van der Waals surface area (Å²) in [5, 5.41) is 18.6. The van der Waals surface area contributed by atoms with Crippen molar-refractivity contribution in [3.05, 3.63) is 33.8 Å². The molecular formula is C15H19Cl2NO3. The predicted octanol–water partition coefficient (Wildman–Crippen LogP) is 3.18. The SMILES string of the molecule is O=CO.OC1(C2CCCN2Cc2c(Cl)cccc2Cl)CC1. The maximum atomic E-state index is 10.3. The Morgan fingerprint density at radius 1 is 1.33 bits per heavy atom. The molecule has 1 heterocycles. The van der Waals surface area contributed by atoms with Crippen LogP contribution in [0.3, 0.4) is 0 Å². The zero-order valence-electron chi connectivity index (χ0n) is 11.6. The normalized spacial score (nSPS) is 23.3.